The molecule has 0 fully saturated rings. The van der Waals surface area contributed by atoms with Gasteiger partial charge in [-0.3, -0.25) is 0 Å². The molecule has 0 saturated carbocycles. The van der Waals surface area contributed by atoms with Gasteiger partial charge in [-0.2, -0.15) is 0 Å². The molecule has 0 bridgehead atoms. The Morgan fingerprint density at radius 1 is 1.00 bits per heavy atom. The predicted molar refractivity (Wildman–Crippen MR) is 117 cm³/mol. The molecule has 0 unspecified atom stereocenters. The van der Waals surface area contributed by atoms with E-state index in [-0.39, 0.29) is 5.97 Å². The lowest BCUT2D eigenvalue weighted by Crippen LogP contribution is -2.35. The lowest BCUT2D eigenvalue weighted by atomic mass is 10.2. The number of aromatic amines is 1. The zero-order valence-electron chi connectivity index (χ0n) is 16.3. The molecule has 0 aliphatic heterocycles. The molecule has 6 heteroatoms. The van der Waals surface area contributed by atoms with Gasteiger partial charge in [-0.15, -0.1) is 0 Å². The van der Waals surface area contributed by atoms with Crippen molar-refractivity contribution in [2.24, 2.45) is 0 Å². The number of esters is 1. The van der Waals surface area contributed by atoms with Gasteiger partial charge in [-0.05, 0) is 49.0 Å². The SMILES string of the molecule is CCOC(=O)c1ccc(NC(=S)N(Cc2ccccc2)Cc2cccc[nH+]2)cc1. The first kappa shape index (κ1) is 20.5. The summed E-state index contributed by atoms with van der Waals surface area (Å²) in [6.07, 6.45) is 1.90. The van der Waals surface area contributed by atoms with Gasteiger partial charge in [0.1, 0.15) is 6.54 Å². The van der Waals surface area contributed by atoms with Gasteiger partial charge in [0.05, 0.1) is 12.2 Å². The summed E-state index contributed by atoms with van der Waals surface area (Å²) in [5.41, 5.74) is 3.57. The number of nitrogens with zero attached hydrogens (tertiary/aromatic N) is 1. The average molecular weight is 407 g/mol. The number of thiocarbonyl (C=S) groups is 1. The third-order valence-corrected chi connectivity index (χ3v) is 4.65. The van der Waals surface area contributed by atoms with Crippen LogP contribution in [0.4, 0.5) is 5.69 Å². The minimum atomic E-state index is -0.327. The van der Waals surface area contributed by atoms with E-state index in [0.29, 0.717) is 30.4 Å². The van der Waals surface area contributed by atoms with Crippen molar-refractivity contribution in [2.45, 2.75) is 20.0 Å². The zero-order valence-corrected chi connectivity index (χ0v) is 17.1. The number of nitrogens with one attached hydrogen (secondary N) is 2. The largest absolute Gasteiger partial charge is 0.462 e. The van der Waals surface area contributed by atoms with E-state index < -0.39 is 0 Å². The molecule has 0 aliphatic rings. The number of hydrogen-bond donors (Lipinski definition) is 1. The number of rotatable bonds is 7. The fourth-order valence-electron chi connectivity index (χ4n) is 2.84. The summed E-state index contributed by atoms with van der Waals surface area (Å²) in [7, 11) is 0. The standard InChI is InChI=1S/C23H23N3O2S/c1-2-28-22(27)19-11-13-20(14-12-19)25-23(29)26(16-18-8-4-3-5-9-18)17-21-10-6-7-15-24-21/h3-15H,2,16-17H2,1H3,(H,25,29)/p+1. The zero-order chi connectivity index (χ0) is 20.5. The van der Waals surface area contributed by atoms with Crippen molar-refractivity contribution in [1.82, 2.24) is 4.90 Å². The smallest absolute Gasteiger partial charge is 0.338 e. The molecule has 0 atom stereocenters. The molecule has 5 nitrogen and oxygen atoms in total. The van der Waals surface area contributed by atoms with E-state index in [1.165, 1.54) is 5.56 Å². The van der Waals surface area contributed by atoms with Crippen LogP contribution in [-0.2, 0) is 17.8 Å². The minimum Gasteiger partial charge on any atom is -0.462 e. The van der Waals surface area contributed by atoms with Crippen molar-refractivity contribution in [3.8, 4) is 0 Å². The van der Waals surface area contributed by atoms with Crippen LogP contribution < -0.4 is 10.3 Å². The summed E-state index contributed by atoms with van der Waals surface area (Å²) in [4.78, 5) is 17.2. The fourth-order valence-corrected chi connectivity index (χ4v) is 3.09. The van der Waals surface area contributed by atoms with Crippen molar-refractivity contribution in [3.63, 3.8) is 0 Å². The fraction of sp³-hybridized carbons (Fsp3) is 0.174. The van der Waals surface area contributed by atoms with Crippen LogP contribution in [0.25, 0.3) is 0 Å². The van der Waals surface area contributed by atoms with Gasteiger partial charge >= 0.3 is 5.97 Å². The number of ether oxygens (including phenoxy) is 1. The van der Waals surface area contributed by atoms with Crippen LogP contribution in [0.3, 0.4) is 0 Å². The van der Waals surface area contributed by atoms with Gasteiger partial charge in [0.15, 0.2) is 17.0 Å². The molecule has 1 aromatic heterocycles. The number of aromatic nitrogens is 1. The molecular weight excluding hydrogens is 382 g/mol. The summed E-state index contributed by atoms with van der Waals surface area (Å²) in [5, 5.41) is 3.88. The Balaban J connectivity index is 1.72. The van der Waals surface area contributed by atoms with Gasteiger partial charge in [0, 0.05) is 24.4 Å². The molecule has 3 rings (SSSR count). The minimum absolute atomic E-state index is 0.327. The Labute approximate surface area is 176 Å². The molecule has 0 amide bonds. The van der Waals surface area contributed by atoms with Gasteiger partial charge in [-0.25, -0.2) is 9.78 Å². The first-order chi connectivity index (χ1) is 14.2. The van der Waals surface area contributed by atoms with Crippen LogP contribution in [0.15, 0.2) is 79.0 Å². The second-order valence-electron chi connectivity index (χ2n) is 6.46. The van der Waals surface area contributed by atoms with E-state index in [9.17, 15) is 4.79 Å². The first-order valence-corrected chi connectivity index (χ1v) is 9.89. The normalized spacial score (nSPS) is 10.2. The van der Waals surface area contributed by atoms with E-state index >= 15 is 0 Å². The maximum atomic E-state index is 11.8. The molecule has 2 N–H and O–H groups in total. The highest BCUT2D eigenvalue weighted by Gasteiger charge is 2.15. The Hall–Kier alpha value is -3.25. The van der Waals surface area contributed by atoms with Gasteiger partial charge in [-0.1, -0.05) is 36.4 Å². The summed E-state index contributed by atoms with van der Waals surface area (Å²) in [6, 6.07) is 23.3. The highest BCUT2D eigenvalue weighted by atomic mass is 32.1. The Morgan fingerprint density at radius 3 is 2.38 bits per heavy atom. The molecule has 0 aliphatic carbocycles. The number of carbonyl (C=O) groups is 1. The highest BCUT2D eigenvalue weighted by molar-refractivity contribution is 7.80. The molecule has 29 heavy (non-hydrogen) atoms. The molecule has 1 heterocycles. The van der Waals surface area contributed by atoms with Crippen LogP contribution in [0.1, 0.15) is 28.5 Å². The number of hydrogen-bond acceptors (Lipinski definition) is 3. The van der Waals surface area contributed by atoms with E-state index in [1.807, 2.05) is 54.7 Å². The van der Waals surface area contributed by atoms with Crippen molar-refractivity contribution < 1.29 is 14.5 Å². The van der Waals surface area contributed by atoms with E-state index in [1.54, 1.807) is 19.1 Å². The second-order valence-corrected chi connectivity index (χ2v) is 6.84. The quantitative estimate of drug-likeness (QED) is 0.473. The van der Waals surface area contributed by atoms with Crippen molar-refractivity contribution in [3.05, 3.63) is 95.8 Å². The predicted octanol–water partition coefficient (Wildman–Crippen LogP) is 4.08. The van der Waals surface area contributed by atoms with E-state index in [2.05, 4.69) is 27.3 Å². The number of H-pyrrole nitrogens is 1. The Kier molecular flexibility index (Phi) is 7.30. The molecule has 148 valence electrons. The van der Waals surface area contributed by atoms with Crippen molar-refractivity contribution in [2.75, 3.05) is 11.9 Å². The molecule has 0 spiro atoms. The molecule has 2 aromatic carbocycles. The Morgan fingerprint density at radius 2 is 1.72 bits per heavy atom. The maximum Gasteiger partial charge on any atom is 0.338 e. The highest BCUT2D eigenvalue weighted by Crippen LogP contribution is 2.14. The Bertz CT molecular complexity index is 890. The molecule has 3 aromatic rings. The van der Waals surface area contributed by atoms with Crippen LogP contribution in [0.2, 0.25) is 0 Å². The number of pyridine rings is 1. The van der Waals surface area contributed by atoms with Crippen LogP contribution >= 0.6 is 12.2 Å². The third-order valence-electron chi connectivity index (χ3n) is 4.29. The average Bonchev–Trinajstić information content (AvgIpc) is 2.75. The second kappa shape index (κ2) is 10.3. The first-order valence-electron chi connectivity index (χ1n) is 9.48. The topological polar surface area (TPSA) is 55.7 Å². The van der Waals surface area contributed by atoms with Gasteiger partial charge in [0.2, 0.25) is 0 Å². The summed E-state index contributed by atoms with van der Waals surface area (Å²) < 4.78 is 5.02. The maximum absolute atomic E-state index is 11.8. The van der Waals surface area contributed by atoms with Crippen LogP contribution in [0, 0.1) is 0 Å². The van der Waals surface area contributed by atoms with E-state index in [0.717, 1.165) is 11.4 Å². The number of carbonyl (C=O) groups excluding carboxylic acids is 1. The molecular formula is C23H24N3O2S+. The summed E-state index contributed by atoms with van der Waals surface area (Å²) in [6.45, 7) is 3.46. The van der Waals surface area contributed by atoms with Crippen molar-refractivity contribution >= 4 is 29.0 Å². The third kappa shape index (κ3) is 6.12. The molecule has 0 saturated heterocycles. The van der Waals surface area contributed by atoms with E-state index in [4.69, 9.17) is 17.0 Å². The number of benzene rings is 2. The molecule has 0 radical (unpaired) electrons. The van der Waals surface area contributed by atoms with Crippen LogP contribution in [0.5, 0.6) is 0 Å². The summed E-state index contributed by atoms with van der Waals surface area (Å²) >= 11 is 5.69. The lowest BCUT2D eigenvalue weighted by Gasteiger charge is -2.24. The summed E-state index contributed by atoms with van der Waals surface area (Å²) in [5.74, 6) is -0.327. The lowest BCUT2D eigenvalue weighted by molar-refractivity contribution is -0.392. The monoisotopic (exact) mass is 406 g/mol. The number of anilines is 1. The van der Waals surface area contributed by atoms with Crippen molar-refractivity contribution in [1.29, 1.82) is 0 Å². The van der Waals surface area contributed by atoms with Gasteiger partial charge < -0.3 is 15.0 Å². The van der Waals surface area contributed by atoms with Crippen LogP contribution in [-0.4, -0.2) is 22.6 Å². The van der Waals surface area contributed by atoms with Gasteiger partial charge in [0.25, 0.3) is 0 Å².